The van der Waals surface area contributed by atoms with Gasteiger partial charge in [-0.15, -0.1) is 0 Å². The van der Waals surface area contributed by atoms with E-state index in [9.17, 15) is 0 Å². The minimum absolute atomic E-state index is 0.154. The van der Waals surface area contributed by atoms with Gasteiger partial charge in [0, 0.05) is 12.0 Å². The zero-order valence-electron chi connectivity index (χ0n) is 8.27. The molecule has 0 saturated carbocycles. The highest BCUT2D eigenvalue weighted by atomic mass is 14.7. The summed E-state index contributed by atoms with van der Waals surface area (Å²) in [5.41, 5.74) is 1.21. The van der Waals surface area contributed by atoms with Gasteiger partial charge in [0.25, 0.3) is 12.6 Å². The summed E-state index contributed by atoms with van der Waals surface area (Å²) < 4.78 is 0. The average molecular weight is 174 g/mol. The molecule has 13 heavy (non-hydrogen) atoms. The molecule has 1 atom stereocenters. The molecule has 0 saturated heterocycles. The van der Waals surface area contributed by atoms with Crippen LogP contribution in [0, 0.1) is 12.5 Å². The Morgan fingerprint density at radius 2 is 1.85 bits per heavy atom. The fourth-order valence-electron chi connectivity index (χ4n) is 1.40. The maximum Gasteiger partial charge on any atom is 0.297 e. The maximum absolute atomic E-state index is 5.38. The van der Waals surface area contributed by atoms with E-state index in [2.05, 4.69) is 30.8 Å². The fraction of sp³-hybridized carbons (Fsp3) is 0.417. The molecule has 1 heteroatoms. The summed E-state index contributed by atoms with van der Waals surface area (Å²) in [6.07, 6.45) is 1.01. The summed E-state index contributed by atoms with van der Waals surface area (Å²) in [6.45, 7) is 9.74. The van der Waals surface area contributed by atoms with Crippen molar-refractivity contribution in [2.24, 2.45) is 5.92 Å². The molecule has 68 valence electrons. The Kier molecular flexibility index (Phi) is 3.52. The van der Waals surface area contributed by atoms with Crippen molar-refractivity contribution in [3.05, 3.63) is 40.7 Å². The zero-order chi connectivity index (χ0) is 9.68. The second kappa shape index (κ2) is 4.67. The number of hydrogen-bond donors (Lipinski definition) is 0. The standard InChI is InChI=1S/C12H16N/c1-10(2)9-12(13-3)11-7-5-4-6-8-11/h3-8,10,12H,9H2,1-2H3/q+1/t12-/m1/s1. The van der Waals surface area contributed by atoms with Gasteiger partial charge in [0.1, 0.15) is 0 Å². The highest BCUT2D eigenvalue weighted by Crippen LogP contribution is 2.24. The van der Waals surface area contributed by atoms with E-state index < -0.39 is 0 Å². The van der Waals surface area contributed by atoms with Crippen molar-refractivity contribution < 1.29 is 0 Å². The summed E-state index contributed by atoms with van der Waals surface area (Å²) in [4.78, 5) is 3.90. The third-order valence-electron chi connectivity index (χ3n) is 2.06. The molecule has 0 aromatic heterocycles. The first-order valence-corrected chi connectivity index (χ1v) is 4.69. The van der Waals surface area contributed by atoms with Gasteiger partial charge in [0.15, 0.2) is 0 Å². The minimum atomic E-state index is 0.154. The van der Waals surface area contributed by atoms with Gasteiger partial charge in [-0.2, -0.15) is 0 Å². The Labute approximate surface area is 80.2 Å². The Morgan fingerprint density at radius 1 is 1.23 bits per heavy atom. The molecule has 0 N–H and O–H groups in total. The fourth-order valence-corrected chi connectivity index (χ4v) is 1.40. The lowest BCUT2D eigenvalue weighted by Crippen LogP contribution is -1.98. The molecule has 1 rings (SSSR count). The molecule has 0 radical (unpaired) electrons. The zero-order valence-corrected chi connectivity index (χ0v) is 8.27. The molecule has 0 unspecified atom stereocenters. The summed E-state index contributed by atoms with van der Waals surface area (Å²) in [7, 11) is 0. The maximum atomic E-state index is 5.38. The summed E-state index contributed by atoms with van der Waals surface area (Å²) in [6, 6.07) is 10.3. The highest BCUT2D eigenvalue weighted by molar-refractivity contribution is 5.21. The molecule has 0 aliphatic carbocycles. The van der Waals surface area contributed by atoms with Crippen LogP contribution in [0.15, 0.2) is 30.3 Å². The molecule has 1 aromatic rings. The topological polar surface area (TPSA) is 4.36 Å². The van der Waals surface area contributed by atoms with Crippen molar-refractivity contribution in [1.29, 1.82) is 0 Å². The predicted octanol–water partition coefficient (Wildman–Crippen LogP) is 3.74. The van der Waals surface area contributed by atoms with Gasteiger partial charge < -0.3 is 0 Å². The molecule has 1 nitrogen and oxygen atoms in total. The monoisotopic (exact) mass is 174 g/mol. The minimum Gasteiger partial charge on any atom is -0.0784 e. The van der Waals surface area contributed by atoms with E-state index in [1.807, 2.05) is 18.2 Å². The van der Waals surface area contributed by atoms with E-state index in [-0.39, 0.29) is 6.04 Å². The highest BCUT2D eigenvalue weighted by Gasteiger charge is 2.19. The third-order valence-corrected chi connectivity index (χ3v) is 2.06. The quantitative estimate of drug-likeness (QED) is 0.657. The van der Waals surface area contributed by atoms with Crippen LogP contribution in [0.25, 0.3) is 4.85 Å². The number of hydrogen-bond acceptors (Lipinski definition) is 0. The molecular formula is C12H16N+. The van der Waals surface area contributed by atoms with Crippen molar-refractivity contribution >= 4 is 0 Å². The molecule has 0 aliphatic rings. The predicted molar refractivity (Wildman–Crippen MR) is 56.9 cm³/mol. The second-order valence-corrected chi connectivity index (χ2v) is 3.71. The van der Waals surface area contributed by atoms with Gasteiger partial charge in [-0.25, -0.2) is 0 Å². The molecule has 0 amide bonds. The molecule has 0 bridgehead atoms. The van der Waals surface area contributed by atoms with Crippen LogP contribution in [0.3, 0.4) is 0 Å². The Balaban J connectivity index is 2.75. The van der Waals surface area contributed by atoms with Crippen LogP contribution < -0.4 is 0 Å². The number of benzene rings is 1. The Morgan fingerprint density at radius 3 is 2.31 bits per heavy atom. The normalized spacial score (nSPS) is 12.5. The number of rotatable bonds is 3. The molecule has 0 fully saturated rings. The lowest BCUT2D eigenvalue weighted by atomic mass is 9.98. The Hall–Kier alpha value is -1.29. The smallest absolute Gasteiger partial charge is 0.0784 e. The summed E-state index contributed by atoms with van der Waals surface area (Å²) >= 11 is 0. The molecular weight excluding hydrogens is 158 g/mol. The average Bonchev–Trinajstić information content (AvgIpc) is 2.15. The van der Waals surface area contributed by atoms with Crippen molar-refractivity contribution in [3.63, 3.8) is 0 Å². The molecule has 0 spiro atoms. The van der Waals surface area contributed by atoms with E-state index in [1.54, 1.807) is 0 Å². The van der Waals surface area contributed by atoms with Crippen LogP contribution in [-0.2, 0) is 0 Å². The van der Waals surface area contributed by atoms with Gasteiger partial charge in [-0.05, 0) is 5.92 Å². The lowest BCUT2D eigenvalue weighted by Gasteiger charge is -2.04. The van der Waals surface area contributed by atoms with Gasteiger partial charge >= 0.3 is 0 Å². The van der Waals surface area contributed by atoms with Gasteiger partial charge in [-0.3, -0.25) is 0 Å². The van der Waals surface area contributed by atoms with Crippen molar-refractivity contribution in [1.82, 2.24) is 0 Å². The molecule has 0 heterocycles. The first kappa shape index (κ1) is 9.80. The van der Waals surface area contributed by atoms with Crippen LogP contribution in [0.5, 0.6) is 0 Å². The number of nitrogens with zero attached hydrogens (tertiary/aromatic N) is 1. The summed E-state index contributed by atoms with van der Waals surface area (Å²) in [5.74, 6) is 0.623. The van der Waals surface area contributed by atoms with Crippen LogP contribution >= 0.6 is 0 Å². The van der Waals surface area contributed by atoms with Gasteiger partial charge in [0.05, 0.1) is 0 Å². The van der Waals surface area contributed by atoms with E-state index >= 15 is 0 Å². The van der Waals surface area contributed by atoms with Crippen LogP contribution in [0.2, 0.25) is 0 Å². The second-order valence-electron chi connectivity index (χ2n) is 3.71. The van der Waals surface area contributed by atoms with E-state index in [4.69, 9.17) is 6.57 Å². The van der Waals surface area contributed by atoms with E-state index in [0.717, 1.165) is 6.42 Å². The van der Waals surface area contributed by atoms with E-state index in [1.165, 1.54) is 5.56 Å². The van der Waals surface area contributed by atoms with Crippen molar-refractivity contribution in [2.45, 2.75) is 26.3 Å². The molecule has 1 aromatic carbocycles. The Bertz CT molecular complexity index is 282. The van der Waals surface area contributed by atoms with Crippen molar-refractivity contribution in [2.75, 3.05) is 0 Å². The van der Waals surface area contributed by atoms with E-state index in [0.29, 0.717) is 5.92 Å². The van der Waals surface area contributed by atoms with Crippen LogP contribution in [0.4, 0.5) is 0 Å². The lowest BCUT2D eigenvalue weighted by molar-refractivity contribution is 0.548. The van der Waals surface area contributed by atoms with Gasteiger partial charge in [-0.1, -0.05) is 49.0 Å². The summed E-state index contributed by atoms with van der Waals surface area (Å²) in [5, 5.41) is 0. The third kappa shape index (κ3) is 2.91. The first-order chi connectivity index (χ1) is 6.24. The van der Waals surface area contributed by atoms with Crippen LogP contribution in [-0.4, -0.2) is 0 Å². The first-order valence-electron chi connectivity index (χ1n) is 4.69. The van der Waals surface area contributed by atoms with Crippen LogP contribution in [0.1, 0.15) is 31.9 Å². The SMILES string of the molecule is C#[N+][C@H](CC(C)C)c1ccccc1. The molecule has 0 aliphatic heterocycles. The van der Waals surface area contributed by atoms with Gasteiger partial charge in [0.2, 0.25) is 0 Å². The largest absolute Gasteiger partial charge is 0.297 e. The van der Waals surface area contributed by atoms with Crippen molar-refractivity contribution in [3.8, 4) is 6.57 Å².